The first-order valence-corrected chi connectivity index (χ1v) is 7.99. The summed E-state index contributed by atoms with van der Waals surface area (Å²) in [6, 6.07) is 13.3. The van der Waals surface area contributed by atoms with Gasteiger partial charge in [0.05, 0.1) is 16.1 Å². The number of hydrogen-bond acceptors (Lipinski definition) is 3. The number of nitrogens with zero attached hydrogens (tertiary/aromatic N) is 1. The van der Waals surface area contributed by atoms with E-state index in [1.54, 1.807) is 30.3 Å². The molecule has 1 N–H and O–H groups in total. The maximum absolute atomic E-state index is 12.3. The highest BCUT2D eigenvalue weighted by Gasteiger charge is 2.16. The normalized spacial score (nSPS) is 10.8. The third-order valence-corrected chi connectivity index (χ3v) is 4.50. The first kappa shape index (κ1) is 14.6. The fourth-order valence-electron chi connectivity index (χ4n) is 1.68. The third-order valence-electron chi connectivity index (χ3n) is 2.65. The van der Waals surface area contributed by atoms with Crippen molar-refractivity contribution in [1.29, 1.82) is 5.26 Å². The largest absolute Gasteiger partial charge is 0.278 e. The predicted molar refractivity (Wildman–Crippen MR) is 80.8 cm³/mol. The molecule has 0 aliphatic carbocycles. The Labute approximate surface area is 126 Å². The summed E-state index contributed by atoms with van der Waals surface area (Å²) >= 11 is 3.26. The van der Waals surface area contributed by atoms with Crippen molar-refractivity contribution >= 4 is 31.6 Å². The monoisotopic (exact) mass is 350 g/mol. The molecule has 0 saturated carbocycles. The summed E-state index contributed by atoms with van der Waals surface area (Å²) in [7, 11) is -3.71. The molecule has 2 rings (SSSR count). The van der Waals surface area contributed by atoms with Gasteiger partial charge in [-0.2, -0.15) is 5.26 Å². The minimum atomic E-state index is -3.71. The highest BCUT2D eigenvalue weighted by molar-refractivity contribution is 9.10. The van der Waals surface area contributed by atoms with E-state index in [4.69, 9.17) is 5.26 Å². The molecule has 6 heteroatoms. The lowest BCUT2D eigenvalue weighted by Gasteiger charge is -2.10. The van der Waals surface area contributed by atoms with Crippen LogP contribution in [0.15, 0.2) is 51.8 Å². The Kier molecular flexibility index (Phi) is 4.12. The van der Waals surface area contributed by atoms with E-state index in [1.165, 1.54) is 6.07 Å². The molecule has 2 aromatic rings. The van der Waals surface area contributed by atoms with Gasteiger partial charge in [-0.05, 0) is 42.8 Å². The molecule has 0 aliphatic rings. The predicted octanol–water partition coefficient (Wildman–Crippen LogP) is 3.43. The van der Waals surface area contributed by atoms with Crippen LogP contribution in [0.1, 0.15) is 11.1 Å². The van der Waals surface area contributed by atoms with Crippen LogP contribution in [0.2, 0.25) is 0 Å². The number of aryl methyl sites for hydroxylation is 1. The van der Waals surface area contributed by atoms with Crippen LogP contribution >= 0.6 is 15.9 Å². The second-order valence-electron chi connectivity index (χ2n) is 4.22. The molecule has 0 fully saturated rings. The topological polar surface area (TPSA) is 70.0 Å². The van der Waals surface area contributed by atoms with Gasteiger partial charge in [-0.25, -0.2) is 8.42 Å². The maximum Gasteiger partial charge on any atom is 0.261 e. The van der Waals surface area contributed by atoms with Gasteiger partial charge in [-0.3, -0.25) is 4.72 Å². The van der Waals surface area contributed by atoms with Gasteiger partial charge in [0.15, 0.2) is 0 Å². The van der Waals surface area contributed by atoms with E-state index >= 15 is 0 Å². The molecule has 0 aromatic heterocycles. The molecule has 4 nitrogen and oxygen atoms in total. The summed E-state index contributed by atoms with van der Waals surface area (Å²) in [6.07, 6.45) is 0. The minimum Gasteiger partial charge on any atom is -0.278 e. The molecule has 102 valence electrons. The van der Waals surface area contributed by atoms with Crippen molar-refractivity contribution in [2.24, 2.45) is 0 Å². The molecule has 0 aliphatic heterocycles. The molecule has 0 saturated heterocycles. The number of nitriles is 1. The van der Waals surface area contributed by atoms with E-state index in [0.29, 0.717) is 4.47 Å². The average Bonchev–Trinajstić information content (AvgIpc) is 2.38. The Bertz CT molecular complexity index is 795. The van der Waals surface area contributed by atoms with Gasteiger partial charge in [-0.15, -0.1) is 0 Å². The van der Waals surface area contributed by atoms with Crippen molar-refractivity contribution in [1.82, 2.24) is 0 Å². The number of sulfonamides is 1. The molecule has 20 heavy (non-hydrogen) atoms. The first-order chi connectivity index (χ1) is 9.42. The Morgan fingerprint density at radius 1 is 1.20 bits per heavy atom. The van der Waals surface area contributed by atoms with Crippen LogP contribution in [0.5, 0.6) is 0 Å². The van der Waals surface area contributed by atoms with Crippen LogP contribution < -0.4 is 4.72 Å². The molecule has 0 heterocycles. The second-order valence-corrected chi connectivity index (χ2v) is 6.82. The van der Waals surface area contributed by atoms with Crippen LogP contribution in [0, 0.1) is 18.3 Å². The first-order valence-electron chi connectivity index (χ1n) is 5.71. The number of nitrogens with one attached hydrogen (secondary N) is 1. The van der Waals surface area contributed by atoms with Crippen molar-refractivity contribution in [3.8, 4) is 6.07 Å². The van der Waals surface area contributed by atoms with Crippen molar-refractivity contribution < 1.29 is 8.42 Å². The van der Waals surface area contributed by atoms with Crippen molar-refractivity contribution in [3.05, 3.63) is 58.1 Å². The fraction of sp³-hybridized carbons (Fsp3) is 0.0714. The molecule has 0 atom stereocenters. The van der Waals surface area contributed by atoms with E-state index in [0.717, 1.165) is 5.56 Å². The quantitative estimate of drug-likeness (QED) is 0.921. The lowest BCUT2D eigenvalue weighted by molar-refractivity contribution is 0.601. The summed E-state index contributed by atoms with van der Waals surface area (Å²) in [5.41, 5.74) is 1.37. The van der Waals surface area contributed by atoms with Gasteiger partial charge in [0.2, 0.25) is 0 Å². The van der Waals surface area contributed by atoms with Gasteiger partial charge >= 0.3 is 0 Å². The molecule has 0 spiro atoms. The smallest absolute Gasteiger partial charge is 0.261 e. The summed E-state index contributed by atoms with van der Waals surface area (Å²) in [5, 5.41) is 9.02. The summed E-state index contributed by atoms with van der Waals surface area (Å²) < 4.78 is 27.7. The fourth-order valence-corrected chi connectivity index (χ4v) is 3.22. The maximum atomic E-state index is 12.3. The summed E-state index contributed by atoms with van der Waals surface area (Å²) in [4.78, 5) is 0.168. The van der Waals surface area contributed by atoms with Crippen molar-refractivity contribution in [3.63, 3.8) is 0 Å². The molecule has 0 unspecified atom stereocenters. The highest BCUT2D eigenvalue weighted by Crippen LogP contribution is 2.24. The molecule has 2 aromatic carbocycles. The van der Waals surface area contributed by atoms with Crippen LogP contribution in [0.25, 0.3) is 0 Å². The van der Waals surface area contributed by atoms with Gasteiger partial charge in [-0.1, -0.05) is 28.1 Å². The molecule has 0 bridgehead atoms. The Hall–Kier alpha value is -1.84. The van der Waals surface area contributed by atoms with Gasteiger partial charge < -0.3 is 0 Å². The lowest BCUT2D eigenvalue weighted by Crippen LogP contribution is -2.14. The average molecular weight is 351 g/mol. The van der Waals surface area contributed by atoms with Crippen LogP contribution in [0.3, 0.4) is 0 Å². The van der Waals surface area contributed by atoms with Crippen LogP contribution in [-0.4, -0.2) is 8.42 Å². The Morgan fingerprint density at radius 3 is 2.60 bits per heavy atom. The van der Waals surface area contributed by atoms with E-state index in [9.17, 15) is 8.42 Å². The molecule has 0 amide bonds. The van der Waals surface area contributed by atoms with Crippen LogP contribution in [-0.2, 0) is 10.0 Å². The number of anilines is 1. The van der Waals surface area contributed by atoms with Crippen molar-refractivity contribution in [2.45, 2.75) is 11.8 Å². The Balaban J connectivity index is 2.44. The van der Waals surface area contributed by atoms with E-state index in [2.05, 4.69) is 20.7 Å². The zero-order valence-corrected chi connectivity index (χ0v) is 13.0. The highest BCUT2D eigenvalue weighted by atomic mass is 79.9. The molecular formula is C14H11BrN2O2S. The molecule has 0 radical (unpaired) electrons. The number of benzene rings is 2. The van der Waals surface area contributed by atoms with Gasteiger partial charge in [0, 0.05) is 4.47 Å². The number of halogens is 1. The van der Waals surface area contributed by atoms with E-state index < -0.39 is 10.0 Å². The van der Waals surface area contributed by atoms with E-state index in [-0.39, 0.29) is 16.1 Å². The van der Waals surface area contributed by atoms with Gasteiger partial charge in [0.25, 0.3) is 10.0 Å². The zero-order valence-electron chi connectivity index (χ0n) is 10.6. The molecular weight excluding hydrogens is 340 g/mol. The summed E-state index contributed by atoms with van der Waals surface area (Å²) in [6.45, 7) is 1.82. The zero-order chi connectivity index (χ0) is 14.8. The summed E-state index contributed by atoms with van der Waals surface area (Å²) in [5.74, 6) is 0. The van der Waals surface area contributed by atoms with Gasteiger partial charge in [0.1, 0.15) is 6.07 Å². The Morgan fingerprint density at radius 2 is 1.95 bits per heavy atom. The standard InChI is InChI=1S/C14H11BrN2O2S/c1-10-3-2-4-13(7-10)20(18,19)17-14-8-12(15)6-5-11(14)9-16/h2-8,17H,1H3. The number of hydrogen-bond donors (Lipinski definition) is 1. The minimum absolute atomic E-state index is 0.168. The second kappa shape index (κ2) is 5.65. The SMILES string of the molecule is Cc1cccc(S(=O)(=O)Nc2cc(Br)ccc2C#N)c1. The van der Waals surface area contributed by atoms with Crippen molar-refractivity contribution in [2.75, 3.05) is 4.72 Å². The van der Waals surface area contributed by atoms with E-state index in [1.807, 2.05) is 19.1 Å². The lowest BCUT2D eigenvalue weighted by atomic mass is 10.2. The van der Waals surface area contributed by atoms with Crippen LogP contribution in [0.4, 0.5) is 5.69 Å². The number of rotatable bonds is 3. The third kappa shape index (κ3) is 3.18.